The monoisotopic (exact) mass is 237 g/mol. The number of benzene rings is 1. The Kier molecular flexibility index (Phi) is 4.13. The highest BCUT2D eigenvalue weighted by Gasteiger charge is 2.22. The van der Waals surface area contributed by atoms with Crippen molar-refractivity contribution in [1.29, 1.82) is 0 Å². The van der Waals surface area contributed by atoms with E-state index < -0.39 is 0 Å². The fourth-order valence-corrected chi connectivity index (χ4v) is 3.34. The largest absolute Gasteiger partial charge is 0.497 e. The zero-order chi connectivity index (χ0) is 11.4. The van der Waals surface area contributed by atoms with Gasteiger partial charge in [0.05, 0.1) is 7.11 Å². The molecule has 88 valence electrons. The van der Waals surface area contributed by atoms with Crippen LogP contribution in [0.3, 0.4) is 0 Å². The van der Waals surface area contributed by atoms with Gasteiger partial charge >= 0.3 is 0 Å². The molecule has 1 aromatic carbocycles. The smallest absolute Gasteiger partial charge is 0.118 e. The molecule has 2 nitrogen and oxygen atoms in total. The van der Waals surface area contributed by atoms with Crippen LogP contribution < -0.4 is 10.5 Å². The minimum Gasteiger partial charge on any atom is -0.497 e. The molecule has 0 spiro atoms. The van der Waals surface area contributed by atoms with Crippen molar-refractivity contribution >= 4 is 11.8 Å². The summed E-state index contributed by atoms with van der Waals surface area (Å²) in [5.41, 5.74) is 6.14. The number of thioether (sulfide) groups is 1. The molecule has 1 saturated carbocycles. The quantitative estimate of drug-likeness (QED) is 0.877. The molecular formula is C13H19NOS. The van der Waals surface area contributed by atoms with E-state index in [0.29, 0.717) is 11.3 Å². The SMILES string of the molecule is COc1ccc(SC2CCCCC2N)cc1. The van der Waals surface area contributed by atoms with Crippen LogP contribution in [0.4, 0.5) is 0 Å². The lowest BCUT2D eigenvalue weighted by Gasteiger charge is -2.27. The van der Waals surface area contributed by atoms with Crippen molar-refractivity contribution < 1.29 is 4.74 Å². The molecule has 2 N–H and O–H groups in total. The van der Waals surface area contributed by atoms with Crippen molar-refractivity contribution in [2.75, 3.05) is 7.11 Å². The molecule has 3 heteroatoms. The van der Waals surface area contributed by atoms with E-state index in [1.54, 1.807) is 7.11 Å². The van der Waals surface area contributed by atoms with Gasteiger partial charge in [0.2, 0.25) is 0 Å². The van der Waals surface area contributed by atoms with E-state index >= 15 is 0 Å². The number of hydrogen-bond acceptors (Lipinski definition) is 3. The van der Waals surface area contributed by atoms with Gasteiger partial charge in [0.1, 0.15) is 5.75 Å². The maximum absolute atomic E-state index is 6.14. The molecule has 0 amide bonds. The summed E-state index contributed by atoms with van der Waals surface area (Å²) >= 11 is 1.91. The van der Waals surface area contributed by atoms with Gasteiger partial charge in [-0.2, -0.15) is 0 Å². The predicted octanol–water partition coefficient (Wildman–Crippen LogP) is 3.06. The maximum Gasteiger partial charge on any atom is 0.118 e. The molecule has 0 radical (unpaired) electrons. The molecule has 0 heterocycles. The lowest BCUT2D eigenvalue weighted by molar-refractivity contribution is 0.414. The van der Waals surface area contributed by atoms with E-state index in [1.165, 1.54) is 30.6 Å². The van der Waals surface area contributed by atoms with Gasteiger partial charge in [0, 0.05) is 16.2 Å². The summed E-state index contributed by atoms with van der Waals surface area (Å²) in [7, 11) is 1.69. The van der Waals surface area contributed by atoms with Gasteiger partial charge in [-0.1, -0.05) is 12.8 Å². The average Bonchev–Trinajstić information content (AvgIpc) is 2.33. The van der Waals surface area contributed by atoms with Gasteiger partial charge in [-0.3, -0.25) is 0 Å². The van der Waals surface area contributed by atoms with E-state index in [2.05, 4.69) is 12.1 Å². The molecule has 1 aliphatic rings. The third kappa shape index (κ3) is 2.92. The summed E-state index contributed by atoms with van der Waals surface area (Å²) in [5, 5.41) is 0.585. The maximum atomic E-state index is 6.14. The zero-order valence-electron chi connectivity index (χ0n) is 9.69. The molecule has 2 atom stereocenters. The standard InChI is InChI=1S/C13H19NOS/c1-15-10-6-8-11(9-7-10)16-13-5-3-2-4-12(13)14/h6-9,12-13H,2-5,14H2,1H3. The second kappa shape index (κ2) is 5.60. The predicted molar refractivity (Wildman–Crippen MR) is 69.1 cm³/mol. The fourth-order valence-electron chi connectivity index (χ4n) is 2.10. The van der Waals surface area contributed by atoms with Crippen molar-refractivity contribution in [3.8, 4) is 5.75 Å². The van der Waals surface area contributed by atoms with Gasteiger partial charge in [-0.05, 0) is 37.1 Å². The summed E-state index contributed by atoms with van der Waals surface area (Å²) in [6, 6.07) is 8.61. The van der Waals surface area contributed by atoms with Crippen LogP contribution in [0.2, 0.25) is 0 Å². The third-order valence-electron chi connectivity index (χ3n) is 3.10. The minimum absolute atomic E-state index is 0.362. The van der Waals surface area contributed by atoms with Crippen LogP contribution in [0, 0.1) is 0 Å². The lowest BCUT2D eigenvalue weighted by Crippen LogP contribution is -2.35. The van der Waals surface area contributed by atoms with Crippen LogP contribution in [-0.2, 0) is 0 Å². The molecule has 0 aromatic heterocycles. The Labute approximate surface area is 102 Å². The summed E-state index contributed by atoms with van der Waals surface area (Å²) in [6.07, 6.45) is 5.04. The first-order valence-electron chi connectivity index (χ1n) is 5.86. The Balaban J connectivity index is 1.96. The number of ether oxygens (including phenoxy) is 1. The Hall–Kier alpha value is -0.670. The van der Waals surface area contributed by atoms with E-state index in [-0.39, 0.29) is 0 Å². The molecule has 0 bridgehead atoms. The minimum atomic E-state index is 0.362. The molecule has 16 heavy (non-hydrogen) atoms. The summed E-state index contributed by atoms with van der Waals surface area (Å²) in [4.78, 5) is 1.29. The molecular weight excluding hydrogens is 218 g/mol. The third-order valence-corrected chi connectivity index (χ3v) is 4.53. The van der Waals surface area contributed by atoms with Crippen LogP contribution >= 0.6 is 11.8 Å². The van der Waals surface area contributed by atoms with Crippen LogP contribution in [-0.4, -0.2) is 18.4 Å². The Morgan fingerprint density at radius 2 is 1.88 bits per heavy atom. The van der Waals surface area contributed by atoms with Crippen molar-refractivity contribution in [3.63, 3.8) is 0 Å². The Bertz CT molecular complexity index is 325. The second-order valence-corrected chi connectivity index (χ2v) is 5.59. The van der Waals surface area contributed by atoms with Crippen molar-refractivity contribution in [2.24, 2.45) is 5.73 Å². The molecule has 2 rings (SSSR count). The lowest BCUT2D eigenvalue weighted by atomic mass is 9.96. The van der Waals surface area contributed by atoms with Crippen molar-refractivity contribution in [3.05, 3.63) is 24.3 Å². The zero-order valence-corrected chi connectivity index (χ0v) is 10.5. The first-order valence-corrected chi connectivity index (χ1v) is 6.74. The fraction of sp³-hybridized carbons (Fsp3) is 0.538. The highest BCUT2D eigenvalue weighted by molar-refractivity contribution is 8.00. The second-order valence-electron chi connectivity index (χ2n) is 4.28. The number of methoxy groups -OCH3 is 1. The van der Waals surface area contributed by atoms with Gasteiger partial charge < -0.3 is 10.5 Å². The summed E-state index contributed by atoms with van der Waals surface area (Å²) in [6.45, 7) is 0. The molecule has 1 fully saturated rings. The highest BCUT2D eigenvalue weighted by Crippen LogP contribution is 2.33. The van der Waals surface area contributed by atoms with E-state index in [9.17, 15) is 0 Å². The molecule has 1 aliphatic carbocycles. The van der Waals surface area contributed by atoms with Gasteiger partial charge in [0.25, 0.3) is 0 Å². The average molecular weight is 237 g/mol. The van der Waals surface area contributed by atoms with E-state index in [4.69, 9.17) is 10.5 Å². The van der Waals surface area contributed by atoms with Gasteiger partial charge in [-0.25, -0.2) is 0 Å². The number of hydrogen-bond donors (Lipinski definition) is 1. The van der Waals surface area contributed by atoms with Gasteiger partial charge in [0.15, 0.2) is 0 Å². The van der Waals surface area contributed by atoms with Crippen LogP contribution in [0.5, 0.6) is 5.75 Å². The van der Waals surface area contributed by atoms with Crippen LogP contribution in [0.15, 0.2) is 29.2 Å². The van der Waals surface area contributed by atoms with E-state index in [1.807, 2.05) is 23.9 Å². The topological polar surface area (TPSA) is 35.2 Å². The number of nitrogens with two attached hydrogens (primary N) is 1. The first-order chi connectivity index (χ1) is 7.79. The van der Waals surface area contributed by atoms with Crippen LogP contribution in [0.25, 0.3) is 0 Å². The van der Waals surface area contributed by atoms with Crippen LogP contribution in [0.1, 0.15) is 25.7 Å². The summed E-state index contributed by atoms with van der Waals surface area (Å²) < 4.78 is 5.15. The molecule has 1 aromatic rings. The number of rotatable bonds is 3. The highest BCUT2D eigenvalue weighted by atomic mass is 32.2. The Morgan fingerprint density at radius 1 is 1.19 bits per heavy atom. The molecule has 0 saturated heterocycles. The summed E-state index contributed by atoms with van der Waals surface area (Å²) in [5.74, 6) is 0.914. The van der Waals surface area contributed by atoms with Crippen molar-refractivity contribution in [1.82, 2.24) is 0 Å². The molecule has 0 aliphatic heterocycles. The molecule has 2 unspecified atom stereocenters. The normalized spacial score (nSPS) is 25.4. The first kappa shape index (κ1) is 11.8. The van der Waals surface area contributed by atoms with Crippen molar-refractivity contribution in [2.45, 2.75) is 41.9 Å². The van der Waals surface area contributed by atoms with E-state index in [0.717, 1.165) is 5.75 Å². The van der Waals surface area contributed by atoms with Gasteiger partial charge in [-0.15, -0.1) is 11.8 Å². The Morgan fingerprint density at radius 3 is 2.50 bits per heavy atom.